The summed E-state index contributed by atoms with van der Waals surface area (Å²) in [6.45, 7) is 3.81. The number of rotatable bonds is 16. The van der Waals surface area contributed by atoms with Crippen molar-refractivity contribution in [1.29, 1.82) is 0 Å². The van der Waals surface area contributed by atoms with Crippen LogP contribution in [0.5, 0.6) is 0 Å². The molecule has 3 N–H and O–H groups in total. The monoisotopic (exact) mass is 345 g/mol. The zero-order valence-corrected chi connectivity index (χ0v) is 16.2. The lowest BCUT2D eigenvalue weighted by Crippen LogP contribution is -2.40. The molecule has 2 atom stereocenters. The summed E-state index contributed by atoms with van der Waals surface area (Å²) in [5.41, 5.74) is 0. The molecule has 0 rings (SSSR count). The first kappa shape index (κ1) is 22.8. The molecule has 0 aliphatic carbocycles. The van der Waals surface area contributed by atoms with Gasteiger partial charge in [0.1, 0.15) is 0 Å². The molecule has 0 saturated carbocycles. The van der Waals surface area contributed by atoms with Crippen LogP contribution in [0.2, 0.25) is 0 Å². The Balaban J connectivity index is 3.20. The minimum atomic E-state index is -0.940. The van der Waals surface area contributed by atoms with E-state index in [2.05, 4.69) is 12.2 Å². The number of thiocarbonyl (C=S) groups is 1. The number of hydrogen-bond donors (Lipinski definition) is 3. The molecule has 0 aliphatic heterocycles. The highest BCUT2D eigenvalue weighted by atomic mass is 32.1. The van der Waals surface area contributed by atoms with Crippen LogP contribution in [0.25, 0.3) is 0 Å². The van der Waals surface area contributed by atoms with Crippen LogP contribution in [0.15, 0.2) is 0 Å². The van der Waals surface area contributed by atoms with Crippen molar-refractivity contribution < 1.29 is 10.2 Å². The van der Waals surface area contributed by atoms with Gasteiger partial charge in [-0.2, -0.15) is 0 Å². The van der Waals surface area contributed by atoms with Gasteiger partial charge in [-0.1, -0.05) is 96.2 Å². The summed E-state index contributed by atoms with van der Waals surface area (Å²) in [5.74, 6) is 0. The molecule has 0 saturated heterocycles. The van der Waals surface area contributed by atoms with E-state index in [4.69, 9.17) is 12.2 Å². The number of unbranched alkanes of at least 4 members (excludes halogenated alkanes) is 12. The largest absolute Gasteiger partial charge is 0.389 e. The molecule has 0 bridgehead atoms. The maximum Gasteiger partial charge on any atom is 0.150 e. The van der Waals surface area contributed by atoms with Crippen molar-refractivity contribution in [3.63, 3.8) is 0 Å². The SMILES string of the molecule is CCCCCCCCCCCCCCCC(=S)NC(O)C(C)O. The van der Waals surface area contributed by atoms with Crippen LogP contribution in [0.1, 0.15) is 104 Å². The maximum absolute atomic E-state index is 9.45. The Hall–Kier alpha value is -0.190. The van der Waals surface area contributed by atoms with Crippen LogP contribution in [-0.4, -0.2) is 27.5 Å². The summed E-state index contributed by atoms with van der Waals surface area (Å²) in [7, 11) is 0. The van der Waals surface area contributed by atoms with Gasteiger partial charge in [-0.25, -0.2) is 0 Å². The van der Waals surface area contributed by atoms with Crippen LogP contribution in [0, 0.1) is 0 Å². The molecule has 0 spiro atoms. The highest BCUT2D eigenvalue weighted by molar-refractivity contribution is 7.80. The summed E-state index contributed by atoms with van der Waals surface area (Å²) < 4.78 is 0. The van der Waals surface area contributed by atoms with Crippen LogP contribution in [-0.2, 0) is 0 Å². The number of aliphatic hydroxyl groups is 2. The van der Waals surface area contributed by atoms with Crippen molar-refractivity contribution in [3.05, 3.63) is 0 Å². The fourth-order valence-corrected chi connectivity index (χ4v) is 2.93. The number of hydrogen-bond acceptors (Lipinski definition) is 3. The van der Waals surface area contributed by atoms with E-state index in [9.17, 15) is 10.2 Å². The van der Waals surface area contributed by atoms with Gasteiger partial charge in [-0.05, 0) is 19.8 Å². The Bertz CT molecular complexity index is 272. The van der Waals surface area contributed by atoms with Crippen molar-refractivity contribution in [3.8, 4) is 0 Å². The van der Waals surface area contributed by atoms with Gasteiger partial charge in [0.2, 0.25) is 0 Å². The summed E-state index contributed by atoms with van der Waals surface area (Å²) in [6.07, 6.45) is 16.5. The Kier molecular flexibility index (Phi) is 16.5. The van der Waals surface area contributed by atoms with Crippen molar-refractivity contribution in [2.45, 2.75) is 116 Å². The third kappa shape index (κ3) is 16.5. The first-order valence-electron chi connectivity index (χ1n) is 9.73. The highest BCUT2D eigenvalue weighted by Gasteiger charge is 2.10. The van der Waals surface area contributed by atoms with Crippen LogP contribution in [0.3, 0.4) is 0 Å². The molecule has 0 fully saturated rings. The zero-order valence-electron chi connectivity index (χ0n) is 15.4. The van der Waals surface area contributed by atoms with E-state index < -0.39 is 12.3 Å². The molecule has 0 amide bonds. The number of nitrogens with one attached hydrogen (secondary N) is 1. The third-order valence-electron chi connectivity index (χ3n) is 4.27. The van der Waals surface area contributed by atoms with Crippen LogP contribution < -0.4 is 5.32 Å². The summed E-state index contributed by atoms with van der Waals surface area (Å²) in [5, 5.41) is 21.4. The van der Waals surface area contributed by atoms with Gasteiger partial charge < -0.3 is 15.5 Å². The minimum absolute atomic E-state index is 0.654. The van der Waals surface area contributed by atoms with Gasteiger partial charge in [0, 0.05) is 0 Å². The second kappa shape index (κ2) is 16.7. The van der Waals surface area contributed by atoms with E-state index in [0.29, 0.717) is 4.99 Å². The van der Waals surface area contributed by atoms with E-state index in [1.54, 1.807) is 6.92 Å². The molecule has 0 heterocycles. The van der Waals surface area contributed by atoms with Crippen molar-refractivity contribution in [2.75, 3.05) is 0 Å². The molecule has 2 unspecified atom stereocenters. The third-order valence-corrected chi connectivity index (χ3v) is 4.60. The first-order chi connectivity index (χ1) is 11.1. The quantitative estimate of drug-likeness (QED) is 0.207. The van der Waals surface area contributed by atoms with Gasteiger partial charge in [0.15, 0.2) is 6.23 Å². The summed E-state index contributed by atoms with van der Waals surface area (Å²) in [6, 6.07) is 0. The average molecular weight is 346 g/mol. The normalized spacial score (nSPS) is 13.7. The second-order valence-electron chi connectivity index (χ2n) is 6.75. The molecule has 138 valence electrons. The Labute approximate surface area is 149 Å². The molecule has 0 aromatic rings. The fraction of sp³-hybridized carbons (Fsp3) is 0.947. The molecule has 0 aliphatic rings. The molecule has 4 heteroatoms. The van der Waals surface area contributed by atoms with Gasteiger partial charge in [0.05, 0.1) is 11.1 Å². The molecular formula is C19H39NO2S. The molecule has 0 radical (unpaired) electrons. The standard InChI is InChI=1S/C19H39NO2S/c1-3-4-5-6-7-8-9-10-11-12-13-14-15-16-18(23)20-19(22)17(2)21/h17,19,21-22H,3-16H2,1-2H3,(H,20,23). The smallest absolute Gasteiger partial charge is 0.150 e. The summed E-state index contributed by atoms with van der Waals surface area (Å²) >= 11 is 5.15. The van der Waals surface area contributed by atoms with Crippen molar-refractivity contribution in [1.82, 2.24) is 5.32 Å². The molecule has 0 aromatic carbocycles. The molecular weight excluding hydrogens is 306 g/mol. The highest BCUT2D eigenvalue weighted by Crippen LogP contribution is 2.13. The minimum Gasteiger partial charge on any atom is -0.389 e. The molecule has 23 heavy (non-hydrogen) atoms. The van der Waals surface area contributed by atoms with Gasteiger partial charge in [0.25, 0.3) is 0 Å². The van der Waals surface area contributed by atoms with Gasteiger partial charge in [-0.3, -0.25) is 0 Å². The Morgan fingerprint density at radius 1 is 0.783 bits per heavy atom. The van der Waals surface area contributed by atoms with E-state index in [-0.39, 0.29) is 0 Å². The Morgan fingerprint density at radius 3 is 1.57 bits per heavy atom. The molecule has 0 aromatic heterocycles. The Morgan fingerprint density at radius 2 is 1.17 bits per heavy atom. The first-order valence-corrected chi connectivity index (χ1v) is 10.1. The maximum atomic E-state index is 9.45. The van der Waals surface area contributed by atoms with Gasteiger partial charge >= 0.3 is 0 Å². The fourth-order valence-electron chi connectivity index (χ4n) is 2.66. The lowest BCUT2D eigenvalue weighted by Gasteiger charge is -2.17. The second-order valence-corrected chi connectivity index (χ2v) is 7.24. The predicted molar refractivity (Wildman–Crippen MR) is 104 cm³/mol. The average Bonchev–Trinajstić information content (AvgIpc) is 2.51. The lowest BCUT2D eigenvalue weighted by atomic mass is 10.0. The lowest BCUT2D eigenvalue weighted by molar-refractivity contribution is 0.0222. The van der Waals surface area contributed by atoms with Crippen molar-refractivity contribution >= 4 is 17.2 Å². The molecule has 3 nitrogen and oxygen atoms in total. The predicted octanol–water partition coefficient (Wildman–Crippen LogP) is 5.08. The summed E-state index contributed by atoms with van der Waals surface area (Å²) in [4.78, 5) is 0.654. The van der Waals surface area contributed by atoms with E-state index in [1.807, 2.05) is 0 Å². The van der Waals surface area contributed by atoms with Crippen LogP contribution in [0.4, 0.5) is 0 Å². The number of aliphatic hydroxyl groups excluding tert-OH is 2. The topological polar surface area (TPSA) is 52.5 Å². The van der Waals surface area contributed by atoms with Crippen molar-refractivity contribution in [2.24, 2.45) is 0 Å². The van der Waals surface area contributed by atoms with Crippen LogP contribution >= 0.6 is 12.2 Å². The van der Waals surface area contributed by atoms with E-state index >= 15 is 0 Å². The van der Waals surface area contributed by atoms with E-state index in [0.717, 1.165) is 12.8 Å². The zero-order chi connectivity index (χ0) is 17.3. The van der Waals surface area contributed by atoms with Gasteiger partial charge in [-0.15, -0.1) is 0 Å². The van der Waals surface area contributed by atoms with E-state index in [1.165, 1.54) is 77.0 Å².